The molecule has 1 saturated carbocycles. The van der Waals surface area contributed by atoms with Crippen LogP contribution in [0.4, 0.5) is 0 Å². The van der Waals surface area contributed by atoms with E-state index in [9.17, 15) is 4.79 Å². The summed E-state index contributed by atoms with van der Waals surface area (Å²) >= 11 is 0. The Kier molecular flexibility index (Phi) is 5.85. The van der Waals surface area contributed by atoms with Crippen LogP contribution < -0.4 is 11.1 Å². The Hall–Kier alpha value is -0.610. The quantitative estimate of drug-likeness (QED) is 0.701. The van der Waals surface area contributed by atoms with Gasteiger partial charge in [-0.05, 0) is 57.5 Å². The van der Waals surface area contributed by atoms with Gasteiger partial charge < -0.3 is 16.0 Å². The molecule has 2 fully saturated rings. The van der Waals surface area contributed by atoms with E-state index in [1.165, 1.54) is 32.2 Å². The van der Waals surface area contributed by atoms with Crippen LogP contribution in [-0.4, -0.2) is 43.0 Å². The number of nitrogens with two attached hydrogens (primary N) is 1. The summed E-state index contributed by atoms with van der Waals surface area (Å²) in [4.78, 5) is 14.5. The van der Waals surface area contributed by atoms with Gasteiger partial charge in [-0.1, -0.05) is 12.8 Å². The molecule has 0 radical (unpaired) electrons. The minimum absolute atomic E-state index is 0.130. The number of piperidine rings is 1. The highest BCUT2D eigenvalue weighted by atomic mass is 16.1. The average molecular weight is 281 g/mol. The van der Waals surface area contributed by atoms with Gasteiger partial charge in [0.1, 0.15) is 0 Å². The molecule has 1 saturated heterocycles. The molecule has 1 aliphatic heterocycles. The molecule has 1 atom stereocenters. The fourth-order valence-electron chi connectivity index (χ4n) is 3.53. The highest BCUT2D eigenvalue weighted by Crippen LogP contribution is 2.42. The summed E-state index contributed by atoms with van der Waals surface area (Å²) in [5.74, 6) is 0.196. The molecule has 0 aromatic carbocycles. The highest BCUT2D eigenvalue weighted by molar-refractivity contribution is 5.76. The number of amides is 1. The van der Waals surface area contributed by atoms with Crippen molar-refractivity contribution in [3.8, 4) is 0 Å². The third kappa shape index (κ3) is 4.19. The van der Waals surface area contributed by atoms with Crippen LogP contribution in [0.1, 0.15) is 58.3 Å². The zero-order chi connectivity index (χ0) is 14.4. The number of likely N-dealkylation sites (tertiary alicyclic amines) is 1. The van der Waals surface area contributed by atoms with Crippen molar-refractivity contribution < 1.29 is 4.79 Å². The van der Waals surface area contributed by atoms with Crippen molar-refractivity contribution in [3.05, 3.63) is 0 Å². The van der Waals surface area contributed by atoms with Gasteiger partial charge >= 0.3 is 0 Å². The van der Waals surface area contributed by atoms with E-state index in [0.717, 1.165) is 38.4 Å². The predicted molar refractivity (Wildman–Crippen MR) is 82.5 cm³/mol. The summed E-state index contributed by atoms with van der Waals surface area (Å²) in [6.07, 6.45) is 9.20. The van der Waals surface area contributed by atoms with Crippen LogP contribution in [0.2, 0.25) is 0 Å². The first kappa shape index (κ1) is 15.8. The van der Waals surface area contributed by atoms with Gasteiger partial charge in [0.2, 0.25) is 5.91 Å². The molecule has 3 N–H and O–H groups in total. The summed E-state index contributed by atoms with van der Waals surface area (Å²) in [7, 11) is 0. The second-order valence-corrected chi connectivity index (χ2v) is 6.82. The monoisotopic (exact) mass is 281 g/mol. The van der Waals surface area contributed by atoms with Gasteiger partial charge in [0.05, 0.1) is 0 Å². The summed E-state index contributed by atoms with van der Waals surface area (Å²) in [6.45, 7) is 6.13. The van der Waals surface area contributed by atoms with E-state index >= 15 is 0 Å². The lowest BCUT2D eigenvalue weighted by molar-refractivity contribution is -0.124. The Bertz CT molecular complexity index is 309. The second kappa shape index (κ2) is 7.41. The normalized spacial score (nSPS) is 26.0. The summed E-state index contributed by atoms with van der Waals surface area (Å²) in [5.41, 5.74) is 5.93. The molecule has 1 aliphatic carbocycles. The van der Waals surface area contributed by atoms with E-state index in [-0.39, 0.29) is 11.3 Å². The molecule has 0 spiro atoms. The lowest BCUT2D eigenvalue weighted by Crippen LogP contribution is -2.42. The zero-order valence-corrected chi connectivity index (χ0v) is 13.0. The van der Waals surface area contributed by atoms with Gasteiger partial charge in [-0.3, -0.25) is 4.79 Å². The largest absolute Gasteiger partial charge is 0.356 e. The van der Waals surface area contributed by atoms with Crippen molar-refractivity contribution in [2.45, 2.75) is 64.3 Å². The van der Waals surface area contributed by atoms with Crippen LogP contribution >= 0.6 is 0 Å². The van der Waals surface area contributed by atoms with Crippen LogP contribution in [0.5, 0.6) is 0 Å². The van der Waals surface area contributed by atoms with Crippen LogP contribution in [0.15, 0.2) is 0 Å². The molecule has 1 heterocycles. The minimum Gasteiger partial charge on any atom is -0.356 e. The van der Waals surface area contributed by atoms with Crippen LogP contribution in [-0.2, 0) is 4.79 Å². The molecule has 0 bridgehead atoms. The van der Waals surface area contributed by atoms with E-state index in [2.05, 4.69) is 17.1 Å². The molecule has 4 nitrogen and oxygen atoms in total. The lowest BCUT2D eigenvalue weighted by Gasteiger charge is -2.40. The molecule has 0 aromatic heterocycles. The minimum atomic E-state index is 0.130. The van der Waals surface area contributed by atoms with Gasteiger partial charge in [0.25, 0.3) is 0 Å². The molecule has 4 heteroatoms. The van der Waals surface area contributed by atoms with Crippen LogP contribution in [0.3, 0.4) is 0 Å². The number of nitrogens with zero attached hydrogens (tertiary/aromatic N) is 1. The molecule has 20 heavy (non-hydrogen) atoms. The zero-order valence-electron chi connectivity index (χ0n) is 13.0. The van der Waals surface area contributed by atoms with Gasteiger partial charge in [0.15, 0.2) is 0 Å². The number of nitrogens with one attached hydrogen (secondary N) is 1. The van der Waals surface area contributed by atoms with E-state index in [1.807, 2.05) is 0 Å². The van der Waals surface area contributed by atoms with Crippen molar-refractivity contribution >= 4 is 5.91 Å². The maximum Gasteiger partial charge on any atom is 0.220 e. The number of hydrogen-bond acceptors (Lipinski definition) is 3. The lowest BCUT2D eigenvalue weighted by atomic mass is 9.66. The van der Waals surface area contributed by atoms with E-state index in [4.69, 9.17) is 5.73 Å². The fourth-order valence-corrected chi connectivity index (χ4v) is 3.53. The Balaban J connectivity index is 1.57. The maximum absolute atomic E-state index is 11.9. The van der Waals surface area contributed by atoms with Gasteiger partial charge in [0, 0.05) is 25.6 Å². The Morgan fingerprint density at radius 1 is 1.35 bits per heavy atom. The van der Waals surface area contributed by atoms with E-state index in [1.54, 1.807) is 0 Å². The average Bonchev–Trinajstić information content (AvgIpc) is 2.41. The number of rotatable bonds is 7. The Morgan fingerprint density at radius 2 is 2.15 bits per heavy atom. The van der Waals surface area contributed by atoms with Crippen LogP contribution in [0.25, 0.3) is 0 Å². The first-order chi connectivity index (χ1) is 9.65. The molecule has 2 aliphatic rings. The van der Waals surface area contributed by atoms with Crippen molar-refractivity contribution in [2.75, 3.05) is 26.2 Å². The molecule has 1 amide bonds. The number of hydrogen-bond donors (Lipinski definition) is 2. The van der Waals surface area contributed by atoms with E-state index in [0.29, 0.717) is 13.0 Å². The van der Waals surface area contributed by atoms with Crippen molar-refractivity contribution in [1.29, 1.82) is 0 Å². The molecule has 2 rings (SSSR count). The first-order valence-electron chi connectivity index (χ1n) is 8.36. The molecule has 116 valence electrons. The number of carbonyl (C=O) groups is 1. The van der Waals surface area contributed by atoms with Crippen LogP contribution in [0, 0.1) is 5.41 Å². The summed E-state index contributed by atoms with van der Waals surface area (Å²) in [6, 6.07) is 0.718. The SMILES string of the molecule is CC1CCCCN1CCCNC(=O)CC1(CN)CCC1. The summed E-state index contributed by atoms with van der Waals surface area (Å²) < 4.78 is 0. The number of carbonyl (C=O) groups excluding carboxylic acids is 1. The summed E-state index contributed by atoms with van der Waals surface area (Å²) in [5, 5.41) is 3.07. The van der Waals surface area contributed by atoms with E-state index < -0.39 is 0 Å². The predicted octanol–water partition coefficient (Wildman–Crippen LogP) is 1.89. The fraction of sp³-hybridized carbons (Fsp3) is 0.938. The Labute approximate surface area is 123 Å². The van der Waals surface area contributed by atoms with Gasteiger partial charge in [-0.25, -0.2) is 0 Å². The second-order valence-electron chi connectivity index (χ2n) is 6.82. The smallest absolute Gasteiger partial charge is 0.220 e. The molecular formula is C16H31N3O. The van der Waals surface area contributed by atoms with Crippen molar-refractivity contribution in [1.82, 2.24) is 10.2 Å². The molecule has 1 unspecified atom stereocenters. The standard InChI is InChI=1S/C16H31N3O/c1-14-6-2-3-10-19(14)11-5-9-18-15(20)12-16(13-17)7-4-8-16/h14H,2-13,17H2,1H3,(H,18,20). The topological polar surface area (TPSA) is 58.4 Å². The molecule has 0 aromatic rings. The van der Waals surface area contributed by atoms with Gasteiger partial charge in [-0.2, -0.15) is 0 Å². The van der Waals surface area contributed by atoms with Crippen molar-refractivity contribution in [2.24, 2.45) is 11.1 Å². The third-order valence-electron chi connectivity index (χ3n) is 5.27. The highest BCUT2D eigenvalue weighted by Gasteiger charge is 2.37. The van der Waals surface area contributed by atoms with Crippen molar-refractivity contribution in [3.63, 3.8) is 0 Å². The maximum atomic E-state index is 11.9. The molecular weight excluding hydrogens is 250 g/mol. The van der Waals surface area contributed by atoms with Gasteiger partial charge in [-0.15, -0.1) is 0 Å². The Morgan fingerprint density at radius 3 is 2.75 bits per heavy atom. The first-order valence-corrected chi connectivity index (χ1v) is 8.36. The third-order valence-corrected chi connectivity index (χ3v) is 5.27.